The van der Waals surface area contributed by atoms with Crippen molar-refractivity contribution in [3.63, 3.8) is 0 Å². The lowest BCUT2D eigenvalue weighted by Crippen LogP contribution is -2.24. The topological polar surface area (TPSA) is 21.3 Å². The quantitative estimate of drug-likeness (QED) is 0.766. The van der Waals surface area contributed by atoms with Crippen molar-refractivity contribution >= 4 is 0 Å². The molecule has 0 aromatic heterocycles. The molecule has 1 atom stereocenters. The van der Waals surface area contributed by atoms with E-state index in [9.17, 15) is 4.39 Å². The van der Waals surface area contributed by atoms with Gasteiger partial charge in [0.05, 0.1) is 7.11 Å². The molecule has 1 N–H and O–H groups in total. The number of methoxy groups -OCH3 is 1. The molecular weight excluding hydrogens is 229 g/mol. The lowest BCUT2D eigenvalue weighted by atomic mass is 9.95. The van der Waals surface area contributed by atoms with Gasteiger partial charge in [-0.05, 0) is 49.5 Å². The Hall–Kier alpha value is -1.09. The Labute approximate surface area is 110 Å². The van der Waals surface area contributed by atoms with Crippen molar-refractivity contribution in [2.24, 2.45) is 5.92 Å². The Morgan fingerprint density at radius 3 is 2.67 bits per heavy atom. The molecule has 102 valence electrons. The Balaban J connectivity index is 2.64. The van der Waals surface area contributed by atoms with Gasteiger partial charge in [0, 0.05) is 0 Å². The molecule has 0 amide bonds. The van der Waals surface area contributed by atoms with Crippen LogP contribution >= 0.6 is 0 Å². The van der Waals surface area contributed by atoms with Crippen LogP contribution in [0.5, 0.6) is 5.75 Å². The minimum atomic E-state index is -0.270. The predicted molar refractivity (Wildman–Crippen MR) is 73.6 cm³/mol. The number of benzene rings is 1. The molecule has 0 bridgehead atoms. The molecule has 0 heterocycles. The van der Waals surface area contributed by atoms with E-state index in [4.69, 9.17) is 4.74 Å². The van der Waals surface area contributed by atoms with Gasteiger partial charge in [-0.3, -0.25) is 0 Å². The first-order valence-electron chi connectivity index (χ1n) is 6.74. The van der Waals surface area contributed by atoms with Gasteiger partial charge in [0.1, 0.15) is 0 Å². The molecule has 1 unspecified atom stereocenters. The molecule has 2 nitrogen and oxygen atoms in total. The molecule has 0 aliphatic carbocycles. The van der Waals surface area contributed by atoms with Crippen LogP contribution in [-0.2, 0) is 6.42 Å². The molecule has 1 aromatic carbocycles. The highest BCUT2D eigenvalue weighted by Crippen LogP contribution is 2.20. The summed E-state index contributed by atoms with van der Waals surface area (Å²) >= 11 is 0. The fraction of sp³-hybridized carbons (Fsp3) is 0.600. The maximum absolute atomic E-state index is 13.6. The fourth-order valence-corrected chi connectivity index (χ4v) is 2.20. The first-order chi connectivity index (χ1) is 8.71. The van der Waals surface area contributed by atoms with Crippen LogP contribution in [0.4, 0.5) is 4.39 Å². The molecule has 3 heteroatoms. The van der Waals surface area contributed by atoms with E-state index in [0.717, 1.165) is 31.5 Å². The van der Waals surface area contributed by atoms with Crippen LogP contribution in [0.15, 0.2) is 18.2 Å². The number of ether oxygens (including phenoxy) is 1. The second kappa shape index (κ2) is 8.09. The van der Waals surface area contributed by atoms with Crippen LogP contribution in [0.2, 0.25) is 0 Å². The molecule has 0 aliphatic heterocycles. The maximum Gasteiger partial charge on any atom is 0.165 e. The van der Waals surface area contributed by atoms with Crippen molar-refractivity contribution < 1.29 is 9.13 Å². The first kappa shape index (κ1) is 15.0. The van der Waals surface area contributed by atoms with Crippen molar-refractivity contribution in [2.75, 3.05) is 20.2 Å². The zero-order valence-electron chi connectivity index (χ0n) is 11.6. The molecule has 18 heavy (non-hydrogen) atoms. The summed E-state index contributed by atoms with van der Waals surface area (Å²) in [7, 11) is 1.49. The third-order valence-electron chi connectivity index (χ3n) is 3.12. The van der Waals surface area contributed by atoms with Crippen LogP contribution in [0, 0.1) is 11.7 Å². The van der Waals surface area contributed by atoms with Gasteiger partial charge < -0.3 is 10.1 Å². The van der Waals surface area contributed by atoms with E-state index in [2.05, 4.69) is 19.2 Å². The normalized spacial score (nSPS) is 12.4. The van der Waals surface area contributed by atoms with Gasteiger partial charge >= 0.3 is 0 Å². The highest BCUT2D eigenvalue weighted by Gasteiger charge is 2.10. The van der Waals surface area contributed by atoms with Gasteiger partial charge in [-0.25, -0.2) is 4.39 Å². The van der Waals surface area contributed by atoms with E-state index in [1.165, 1.54) is 13.5 Å². The van der Waals surface area contributed by atoms with Crippen molar-refractivity contribution in [1.29, 1.82) is 0 Å². The van der Waals surface area contributed by atoms with Gasteiger partial charge in [-0.1, -0.05) is 26.3 Å². The summed E-state index contributed by atoms with van der Waals surface area (Å²) in [4.78, 5) is 0. The third-order valence-corrected chi connectivity index (χ3v) is 3.12. The molecule has 0 spiro atoms. The minimum absolute atomic E-state index is 0.270. The number of halogens is 1. The summed E-state index contributed by atoms with van der Waals surface area (Å²) in [5.41, 5.74) is 1.05. The highest BCUT2D eigenvalue weighted by atomic mass is 19.1. The predicted octanol–water partition coefficient (Wildman–Crippen LogP) is 3.40. The fourth-order valence-electron chi connectivity index (χ4n) is 2.20. The van der Waals surface area contributed by atoms with Gasteiger partial charge in [0.2, 0.25) is 0 Å². The summed E-state index contributed by atoms with van der Waals surface area (Å²) in [6.45, 7) is 6.28. The lowest BCUT2D eigenvalue weighted by Gasteiger charge is -2.17. The Morgan fingerprint density at radius 1 is 1.33 bits per heavy atom. The van der Waals surface area contributed by atoms with Crippen LogP contribution in [0.25, 0.3) is 0 Å². The molecule has 1 rings (SSSR count). The van der Waals surface area contributed by atoms with Crippen LogP contribution in [0.3, 0.4) is 0 Å². The number of hydrogen-bond donors (Lipinski definition) is 1. The van der Waals surface area contributed by atoms with Gasteiger partial charge in [0.25, 0.3) is 0 Å². The lowest BCUT2D eigenvalue weighted by molar-refractivity contribution is 0.385. The Bertz CT molecular complexity index is 354. The van der Waals surface area contributed by atoms with Crippen molar-refractivity contribution in [3.05, 3.63) is 29.6 Å². The largest absolute Gasteiger partial charge is 0.494 e. The van der Waals surface area contributed by atoms with E-state index in [1.807, 2.05) is 6.07 Å². The second-order valence-corrected chi connectivity index (χ2v) is 4.64. The van der Waals surface area contributed by atoms with Gasteiger partial charge in [-0.15, -0.1) is 0 Å². The number of rotatable bonds is 8. The van der Waals surface area contributed by atoms with Crippen molar-refractivity contribution in [3.8, 4) is 5.75 Å². The molecule has 0 fully saturated rings. The second-order valence-electron chi connectivity index (χ2n) is 4.64. The zero-order valence-corrected chi connectivity index (χ0v) is 11.6. The monoisotopic (exact) mass is 253 g/mol. The Morgan fingerprint density at radius 2 is 2.11 bits per heavy atom. The third kappa shape index (κ3) is 4.65. The maximum atomic E-state index is 13.6. The summed E-state index contributed by atoms with van der Waals surface area (Å²) < 4.78 is 18.5. The number of nitrogens with one attached hydrogen (secondary N) is 1. The standard InChI is InChI=1S/C15H24FNO/c1-4-6-13(11-17-5-2)9-12-7-8-15(18-3)14(16)10-12/h7-8,10,13,17H,4-6,9,11H2,1-3H3. The van der Waals surface area contributed by atoms with E-state index in [0.29, 0.717) is 11.7 Å². The summed E-state index contributed by atoms with van der Waals surface area (Å²) in [5, 5.41) is 3.37. The summed E-state index contributed by atoms with van der Waals surface area (Å²) in [5.74, 6) is 0.619. The molecule has 0 saturated heterocycles. The van der Waals surface area contributed by atoms with E-state index in [1.54, 1.807) is 12.1 Å². The van der Waals surface area contributed by atoms with E-state index < -0.39 is 0 Å². The van der Waals surface area contributed by atoms with Crippen LogP contribution in [-0.4, -0.2) is 20.2 Å². The summed E-state index contributed by atoms with van der Waals surface area (Å²) in [6.07, 6.45) is 3.25. The average Bonchev–Trinajstić information content (AvgIpc) is 2.36. The zero-order chi connectivity index (χ0) is 13.4. The van der Waals surface area contributed by atoms with Gasteiger partial charge in [0.15, 0.2) is 11.6 Å². The molecule has 0 radical (unpaired) electrons. The number of hydrogen-bond acceptors (Lipinski definition) is 2. The smallest absolute Gasteiger partial charge is 0.165 e. The average molecular weight is 253 g/mol. The molecule has 0 saturated carbocycles. The van der Waals surface area contributed by atoms with Crippen LogP contribution < -0.4 is 10.1 Å². The molecule has 1 aromatic rings. The van der Waals surface area contributed by atoms with Gasteiger partial charge in [-0.2, -0.15) is 0 Å². The van der Waals surface area contributed by atoms with Crippen molar-refractivity contribution in [2.45, 2.75) is 33.1 Å². The van der Waals surface area contributed by atoms with Crippen molar-refractivity contribution in [1.82, 2.24) is 5.32 Å². The van der Waals surface area contributed by atoms with Crippen LogP contribution in [0.1, 0.15) is 32.3 Å². The first-order valence-corrected chi connectivity index (χ1v) is 6.74. The SMILES string of the molecule is CCCC(CNCC)Cc1ccc(OC)c(F)c1. The Kier molecular flexibility index (Phi) is 6.73. The molecule has 0 aliphatic rings. The van der Waals surface area contributed by atoms with E-state index >= 15 is 0 Å². The minimum Gasteiger partial charge on any atom is -0.494 e. The van der Waals surface area contributed by atoms with E-state index in [-0.39, 0.29) is 5.82 Å². The summed E-state index contributed by atoms with van der Waals surface area (Å²) in [6, 6.07) is 5.25. The highest BCUT2D eigenvalue weighted by molar-refractivity contribution is 5.29. The molecular formula is C15H24FNO.